The normalized spacial score (nSPS) is 11.9. The van der Waals surface area contributed by atoms with Crippen LogP contribution in [-0.2, 0) is 0 Å². The van der Waals surface area contributed by atoms with Gasteiger partial charge in [0.05, 0.1) is 43.6 Å². The van der Waals surface area contributed by atoms with Crippen molar-refractivity contribution in [1.82, 2.24) is 9.97 Å². The Morgan fingerprint density at radius 3 is 2.83 bits per heavy atom. The van der Waals surface area contributed by atoms with Crippen molar-refractivity contribution in [3.8, 4) is 10.6 Å². The summed E-state index contributed by atoms with van der Waals surface area (Å²) in [5.41, 5.74) is 2.51. The number of benzene rings is 2. The molecule has 24 heavy (non-hydrogen) atoms. The quantitative estimate of drug-likeness (QED) is 0.567. The van der Waals surface area contributed by atoms with E-state index in [0.29, 0.717) is 5.69 Å². The van der Waals surface area contributed by atoms with Crippen LogP contribution in [-0.4, -0.2) is 21.0 Å². The molecule has 0 spiro atoms. The second-order valence-electron chi connectivity index (χ2n) is 5.18. The molecule has 4 rings (SSSR count). The van der Waals surface area contributed by atoms with Crippen LogP contribution in [0, 0.1) is 0 Å². The fraction of sp³-hybridized carbons (Fsp3) is 0. The van der Waals surface area contributed by atoms with Gasteiger partial charge in [-0.3, -0.25) is 4.98 Å². The Morgan fingerprint density at radius 1 is 1.08 bits per heavy atom. The molecule has 2 aliphatic rings. The summed E-state index contributed by atoms with van der Waals surface area (Å²) in [6.07, 6.45) is 2.85. The molecule has 0 saturated carbocycles. The zero-order chi connectivity index (χ0) is 16.5. The number of aromatic nitrogens is 2. The molecule has 6 heteroatoms. The Morgan fingerprint density at radius 2 is 1.96 bits per heavy atom. The van der Waals surface area contributed by atoms with Crippen molar-refractivity contribution in [3.05, 3.63) is 71.8 Å². The van der Waals surface area contributed by atoms with Crippen LogP contribution in [0.1, 0.15) is 10.4 Å². The fourth-order valence-electron chi connectivity index (χ4n) is 2.39. The van der Waals surface area contributed by atoms with E-state index < -0.39 is 5.97 Å². The van der Waals surface area contributed by atoms with Gasteiger partial charge in [0.15, 0.2) is 0 Å². The molecule has 0 fully saturated rings. The Bertz CT molecular complexity index is 1100. The van der Waals surface area contributed by atoms with Crippen molar-refractivity contribution in [2.75, 3.05) is 0 Å². The molecule has 1 aliphatic heterocycles. The molecular formula is C18H11N3O2S. The summed E-state index contributed by atoms with van der Waals surface area (Å²) in [6.45, 7) is 0. The first-order valence-corrected chi connectivity index (χ1v) is 8.03. The molecule has 5 nitrogen and oxygen atoms in total. The number of hydrogen-bond donors (Lipinski definition) is 1. The number of nitrogens with zero attached hydrogens (tertiary/aromatic N) is 3. The summed E-state index contributed by atoms with van der Waals surface area (Å²) in [4.78, 5) is 25.1. The van der Waals surface area contributed by atoms with Crippen LogP contribution in [0.2, 0.25) is 0 Å². The largest absolute Gasteiger partial charge is 0.478 e. The number of aromatic carboxylic acids is 1. The second-order valence-corrected chi connectivity index (χ2v) is 6.27. The van der Waals surface area contributed by atoms with Crippen LogP contribution in [0.4, 0.5) is 5.69 Å². The van der Waals surface area contributed by atoms with Gasteiger partial charge in [0.1, 0.15) is 0 Å². The Labute approximate surface area is 141 Å². The number of hydrogen-bond acceptors (Lipinski definition) is 5. The first-order chi connectivity index (χ1) is 11.7. The first-order valence-electron chi connectivity index (χ1n) is 7.22. The van der Waals surface area contributed by atoms with Gasteiger partial charge in [0, 0.05) is 6.20 Å². The number of pyridine rings is 1. The summed E-state index contributed by atoms with van der Waals surface area (Å²) in [5, 5.41) is 9.77. The van der Waals surface area contributed by atoms with E-state index in [9.17, 15) is 4.79 Å². The van der Waals surface area contributed by atoms with Crippen LogP contribution in [0.5, 0.6) is 0 Å². The molecule has 1 aromatic carbocycles. The third-order valence-electron chi connectivity index (χ3n) is 3.50. The highest BCUT2D eigenvalue weighted by atomic mass is 32.1. The average molecular weight is 333 g/mol. The van der Waals surface area contributed by atoms with Gasteiger partial charge in [-0.1, -0.05) is 12.1 Å². The molecule has 0 unspecified atom stereocenters. The van der Waals surface area contributed by atoms with Gasteiger partial charge in [-0.25, -0.2) is 14.8 Å². The van der Waals surface area contributed by atoms with E-state index in [0.717, 1.165) is 26.1 Å². The highest BCUT2D eigenvalue weighted by molar-refractivity contribution is 7.21. The molecule has 1 N–H and O–H groups in total. The van der Waals surface area contributed by atoms with Crippen molar-refractivity contribution >= 4 is 33.2 Å². The summed E-state index contributed by atoms with van der Waals surface area (Å²) in [7, 11) is 0. The SMILES string of the molecule is O=C(O)c1cncc(/N=c2\ccc3nc4ccccc4sc-3c2)c1. The first kappa shape index (κ1) is 14.5. The number of fused-ring (bicyclic) bond motifs is 2. The maximum Gasteiger partial charge on any atom is 0.337 e. The molecule has 2 heterocycles. The molecule has 2 aromatic rings. The van der Waals surface area contributed by atoms with Crippen LogP contribution >= 0.6 is 11.3 Å². The number of carbonyl (C=O) groups is 1. The summed E-state index contributed by atoms with van der Waals surface area (Å²) in [5.74, 6) is -1.02. The lowest BCUT2D eigenvalue weighted by Crippen LogP contribution is -2.02. The van der Waals surface area contributed by atoms with Crippen molar-refractivity contribution < 1.29 is 9.90 Å². The average Bonchev–Trinajstić information content (AvgIpc) is 2.60. The predicted octanol–water partition coefficient (Wildman–Crippen LogP) is 3.73. The fourth-order valence-corrected chi connectivity index (χ4v) is 3.39. The van der Waals surface area contributed by atoms with Crippen LogP contribution in [0.3, 0.4) is 0 Å². The van der Waals surface area contributed by atoms with Gasteiger partial charge in [-0.2, -0.15) is 0 Å². The van der Waals surface area contributed by atoms with Gasteiger partial charge in [-0.05, 0) is 36.4 Å². The smallest absolute Gasteiger partial charge is 0.337 e. The monoisotopic (exact) mass is 333 g/mol. The van der Waals surface area contributed by atoms with Crippen LogP contribution in [0.15, 0.2) is 65.9 Å². The van der Waals surface area contributed by atoms with Crippen molar-refractivity contribution in [1.29, 1.82) is 0 Å². The van der Waals surface area contributed by atoms with E-state index in [1.54, 1.807) is 17.5 Å². The van der Waals surface area contributed by atoms with E-state index in [1.165, 1.54) is 12.3 Å². The van der Waals surface area contributed by atoms with Crippen molar-refractivity contribution in [2.24, 2.45) is 4.99 Å². The van der Waals surface area contributed by atoms with Gasteiger partial charge in [0.2, 0.25) is 0 Å². The number of rotatable bonds is 2. The lowest BCUT2D eigenvalue weighted by Gasteiger charge is -2.05. The maximum atomic E-state index is 11.0. The Balaban J connectivity index is 1.85. The summed E-state index contributed by atoms with van der Waals surface area (Å²) < 4.78 is 1.11. The Hall–Kier alpha value is -3.12. The highest BCUT2D eigenvalue weighted by Gasteiger charge is 2.07. The van der Waals surface area contributed by atoms with E-state index in [4.69, 9.17) is 5.11 Å². The van der Waals surface area contributed by atoms with E-state index >= 15 is 0 Å². The molecule has 1 aliphatic carbocycles. The molecule has 0 amide bonds. The molecule has 1 aromatic heterocycles. The lowest BCUT2D eigenvalue weighted by molar-refractivity contribution is 0.0696. The summed E-state index contributed by atoms with van der Waals surface area (Å²) >= 11 is 1.65. The highest BCUT2D eigenvalue weighted by Crippen LogP contribution is 2.29. The number of para-hydroxylation sites is 1. The van der Waals surface area contributed by atoms with Crippen molar-refractivity contribution in [2.45, 2.75) is 0 Å². The molecule has 0 saturated heterocycles. The van der Waals surface area contributed by atoms with E-state index in [2.05, 4.69) is 15.0 Å². The van der Waals surface area contributed by atoms with Crippen LogP contribution < -0.4 is 5.36 Å². The van der Waals surface area contributed by atoms with E-state index in [1.807, 2.05) is 42.5 Å². The predicted molar refractivity (Wildman–Crippen MR) is 92.7 cm³/mol. The minimum Gasteiger partial charge on any atom is -0.478 e. The van der Waals surface area contributed by atoms with Gasteiger partial charge in [-0.15, -0.1) is 11.3 Å². The third-order valence-corrected chi connectivity index (χ3v) is 4.61. The zero-order valence-corrected chi connectivity index (χ0v) is 13.2. The molecule has 116 valence electrons. The number of carboxylic acids is 1. The second kappa shape index (κ2) is 5.82. The molecule has 0 bridgehead atoms. The number of carboxylic acid groups (broad SMARTS) is 1. The zero-order valence-electron chi connectivity index (χ0n) is 12.4. The molecule has 0 atom stereocenters. The topological polar surface area (TPSA) is 75.4 Å². The Kier molecular flexibility index (Phi) is 3.51. The molecule has 0 radical (unpaired) electrons. The summed E-state index contributed by atoms with van der Waals surface area (Å²) in [6, 6.07) is 15.2. The minimum absolute atomic E-state index is 0.118. The van der Waals surface area contributed by atoms with Gasteiger partial charge in [0.25, 0.3) is 0 Å². The standard InChI is InChI=1S/C18H11N3O2S/c22-18(23)11-7-13(10-19-9-11)20-12-5-6-15-17(8-12)24-16-4-2-1-3-14(16)21-15/h1-10H,(H,22,23)/b20-12+. The lowest BCUT2D eigenvalue weighted by atomic mass is 10.2. The third kappa shape index (κ3) is 2.75. The van der Waals surface area contributed by atoms with Gasteiger partial charge < -0.3 is 5.11 Å². The van der Waals surface area contributed by atoms with Gasteiger partial charge >= 0.3 is 5.97 Å². The van der Waals surface area contributed by atoms with Crippen molar-refractivity contribution in [3.63, 3.8) is 0 Å². The maximum absolute atomic E-state index is 11.0. The molecular weight excluding hydrogens is 322 g/mol. The van der Waals surface area contributed by atoms with E-state index in [-0.39, 0.29) is 5.56 Å². The van der Waals surface area contributed by atoms with Crippen LogP contribution in [0.25, 0.3) is 20.8 Å². The minimum atomic E-state index is -1.02.